The Labute approximate surface area is 150 Å². The number of carbonyl (C=O) groups excluding carboxylic acids is 1. The first-order valence-electron chi connectivity index (χ1n) is 9.07. The molecule has 1 fully saturated rings. The Morgan fingerprint density at radius 3 is 2.36 bits per heavy atom. The van der Waals surface area contributed by atoms with Crippen LogP contribution in [0.2, 0.25) is 0 Å². The minimum Gasteiger partial charge on any atom is -0.340 e. The van der Waals surface area contributed by atoms with E-state index in [0.29, 0.717) is 6.42 Å². The fraction of sp³-hybridized carbons (Fsp3) is 0.500. The lowest BCUT2D eigenvalue weighted by atomic mass is 10.1. The van der Waals surface area contributed by atoms with Crippen LogP contribution in [-0.4, -0.2) is 51.7 Å². The van der Waals surface area contributed by atoms with Crippen LogP contribution in [0.15, 0.2) is 30.3 Å². The van der Waals surface area contributed by atoms with E-state index in [9.17, 15) is 4.79 Å². The van der Waals surface area contributed by atoms with E-state index < -0.39 is 0 Å². The highest BCUT2D eigenvalue weighted by Crippen LogP contribution is 2.15. The predicted molar refractivity (Wildman–Crippen MR) is 99.3 cm³/mol. The molecular formula is C20H28N4O. The molecule has 3 rings (SSSR count). The molecule has 5 heteroatoms. The molecule has 0 saturated carbocycles. The Hall–Kier alpha value is -2.14. The summed E-state index contributed by atoms with van der Waals surface area (Å²) in [5.41, 5.74) is 4.77. The molecule has 1 aromatic carbocycles. The van der Waals surface area contributed by atoms with Crippen LogP contribution < -0.4 is 0 Å². The molecule has 134 valence electrons. The SMILES string of the molecule is Cc1nn(C)c(C)c1CCC(=O)N1CCN(Cc2ccccc2)CC1. The van der Waals surface area contributed by atoms with Crippen molar-refractivity contribution in [3.8, 4) is 0 Å². The molecule has 0 atom stereocenters. The lowest BCUT2D eigenvalue weighted by Gasteiger charge is -2.34. The molecule has 0 spiro atoms. The minimum absolute atomic E-state index is 0.266. The number of nitrogens with zero attached hydrogens (tertiary/aromatic N) is 4. The van der Waals surface area contributed by atoms with Gasteiger partial charge in [-0.1, -0.05) is 30.3 Å². The van der Waals surface area contributed by atoms with Crippen LogP contribution in [-0.2, 0) is 24.8 Å². The molecule has 1 saturated heterocycles. The fourth-order valence-electron chi connectivity index (χ4n) is 3.57. The molecule has 0 aliphatic carbocycles. The van der Waals surface area contributed by atoms with Crippen LogP contribution in [0.4, 0.5) is 0 Å². The molecule has 1 amide bonds. The number of rotatable bonds is 5. The van der Waals surface area contributed by atoms with Crippen molar-refractivity contribution in [3.63, 3.8) is 0 Å². The van der Waals surface area contributed by atoms with Crippen molar-refractivity contribution in [2.75, 3.05) is 26.2 Å². The van der Waals surface area contributed by atoms with Gasteiger partial charge in [-0.05, 0) is 31.4 Å². The van der Waals surface area contributed by atoms with Gasteiger partial charge in [-0.15, -0.1) is 0 Å². The summed E-state index contributed by atoms with van der Waals surface area (Å²) in [6.45, 7) is 8.62. The van der Waals surface area contributed by atoms with E-state index in [-0.39, 0.29) is 5.91 Å². The highest BCUT2D eigenvalue weighted by atomic mass is 16.2. The van der Waals surface area contributed by atoms with Crippen molar-refractivity contribution in [1.82, 2.24) is 19.6 Å². The molecule has 2 aromatic rings. The highest BCUT2D eigenvalue weighted by Gasteiger charge is 2.21. The number of hydrogen-bond donors (Lipinski definition) is 0. The van der Waals surface area contributed by atoms with Crippen molar-refractivity contribution in [1.29, 1.82) is 0 Å². The summed E-state index contributed by atoms with van der Waals surface area (Å²) in [4.78, 5) is 17.0. The van der Waals surface area contributed by atoms with Crippen LogP contribution >= 0.6 is 0 Å². The van der Waals surface area contributed by atoms with Crippen molar-refractivity contribution >= 4 is 5.91 Å². The van der Waals surface area contributed by atoms with Crippen LogP contribution in [0.25, 0.3) is 0 Å². The average Bonchev–Trinajstić information content (AvgIpc) is 2.86. The van der Waals surface area contributed by atoms with Gasteiger partial charge in [0.05, 0.1) is 5.69 Å². The highest BCUT2D eigenvalue weighted by molar-refractivity contribution is 5.76. The zero-order chi connectivity index (χ0) is 17.8. The van der Waals surface area contributed by atoms with E-state index in [1.807, 2.05) is 29.6 Å². The first kappa shape index (κ1) is 17.7. The Bertz CT molecular complexity index is 715. The van der Waals surface area contributed by atoms with Crippen LogP contribution in [0.5, 0.6) is 0 Å². The molecule has 5 nitrogen and oxygen atoms in total. The molecule has 0 bridgehead atoms. The summed E-state index contributed by atoms with van der Waals surface area (Å²) in [7, 11) is 1.96. The Balaban J connectivity index is 1.47. The van der Waals surface area contributed by atoms with Crippen molar-refractivity contribution in [2.24, 2.45) is 7.05 Å². The summed E-state index contributed by atoms with van der Waals surface area (Å²) in [5, 5.41) is 4.44. The first-order valence-corrected chi connectivity index (χ1v) is 9.07. The second-order valence-electron chi connectivity index (χ2n) is 6.92. The lowest BCUT2D eigenvalue weighted by Crippen LogP contribution is -2.48. The number of carbonyl (C=O) groups is 1. The first-order chi connectivity index (χ1) is 12.0. The maximum Gasteiger partial charge on any atom is 0.222 e. The second-order valence-corrected chi connectivity index (χ2v) is 6.92. The van der Waals surface area contributed by atoms with Gasteiger partial charge in [-0.25, -0.2) is 0 Å². The van der Waals surface area contributed by atoms with Crippen LogP contribution in [0.3, 0.4) is 0 Å². The molecule has 0 N–H and O–H groups in total. The van der Waals surface area contributed by atoms with Crippen LogP contribution in [0, 0.1) is 13.8 Å². The molecule has 1 aliphatic rings. The largest absolute Gasteiger partial charge is 0.340 e. The third-order valence-corrected chi connectivity index (χ3v) is 5.22. The van der Waals surface area contributed by atoms with E-state index in [0.717, 1.165) is 50.5 Å². The van der Waals surface area contributed by atoms with Gasteiger partial charge < -0.3 is 4.90 Å². The molecule has 0 unspecified atom stereocenters. The Kier molecular flexibility index (Phi) is 5.53. The summed E-state index contributed by atoms with van der Waals surface area (Å²) in [6, 6.07) is 10.5. The van der Waals surface area contributed by atoms with Gasteiger partial charge >= 0.3 is 0 Å². The third-order valence-electron chi connectivity index (χ3n) is 5.22. The second kappa shape index (κ2) is 7.83. The molecular weight excluding hydrogens is 312 g/mol. The molecule has 1 aliphatic heterocycles. The van der Waals surface area contributed by atoms with Crippen LogP contribution in [0.1, 0.15) is 28.9 Å². The van der Waals surface area contributed by atoms with E-state index in [2.05, 4.69) is 41.2 Å². The monoisotopic (exact) mass is 340 g/mol. The van der Waals surface area contributed by atoms with Gasteiger partial charge in [0, 0.05) is 51.9 Å². The molecule has 1 aromatic heterocycles. The average molecular weight is 340 g/mol. The van der Waals surface area contributed by atoms with Gasteiger partial charge in [0.25, 0.3) is 0 Å². The normalized spacial score (nSPS) is 15.6. The van der Waals surface area contributed by atoms with Gasteiger partial charge in [0.15, 0.2) is 0 Å². The maximum absolute atomic E-state index is 12.5. The van der Waals surface area contributed by atoms with Gasteiger partial charge in [0.2, 0.25) is 5.91 Å². The predicted octanol–water partition coefficient (Wildman–Crippen LogP) is 2.31. The van der Waals surface area contributed by atoms with E-state index in [1.165, 1.54) is 11.1 Å². The standard InChI is InChI=1S/C20H28N4O/c1-16-19(17(2)22(3)21-16)9-10-20(25)24-13-11-23(12-14-24)15-18-7-5-4-6-8-18/h4-8H,9-15H2,1-3H3. The van der Waals surface area contributed by atoms with E-state index >= 15 is 0 Å². The summed E-state index contributed by atoms with van der Waals surface area (Å²) < 4.78 is 1.90. The van der Waals surface area contributed by atoms with E-state index in [4.69, 9.17) is 0 Å². The number of amides is 1. The minimum atomic E-state index is 0.266. The maximum atomic E-state index is 12.5. The molecule has 25 heavy (non-hydrogen) atoms. The topological polar surface area (TPSA) is 41.4 Å². The molecule has 0 radical (unpaired) electrons. The third kappa shape index (κ3) is 4.28. The number of aryl methyl sites for hydroxylation is 2. The smallest absolute Gasteiger partial charge is 0.222 e. The summed E-state index contributed by atoms with van der Waals surface area (Å²) >= 11 is 0. The van der Waals surface area contributed by atoms with Gasteiger partial charge in [-0.3, -0.25) is 14.4 Å². The Morgan fingerprint density at radius 1 is 1.08 bits per heavy atom. The van der Waals surface area contributed by atoms with Gasteiger partial charge in [0.1, 0.15) is 0 Å². The van der Waals surface area contributed by atoms with Crippen molar-refractivity contribution < 1.29 is 4.79 Å². The van der Waals surface area contributed by atoms with Crippen molar-refractivity contribution in [2.45, 2.75) is 33.2 Å². The lowest BCUT2D eigenvalue weighted by molar-refractivity contribution is -0.133. The zero-order valence-corrected chi connectivity index (χ0v) is 15.5. The number of hydrogen-bond acceptors (Lipinski definition) is 3. The van der Waals surface area contributed by atoms with E-state index in [1.54, 1.807) is 0 Å². The fourth-order valence-corrected chi connectivity index (χ4v) is 3.57. The number of benzene rings is 1. The molecule has 2 heterocycles. The summed E-state index contributed by atoms with van der Waals surface area (Å²) in [5.74, 6) is 0.266. The Morgan fingerprint density at radius 2 is 1.76 bits per heavy atom. The zero-order valence-electron chi connectivity index (χ0n) is 15.5. The number of aromatic nitrogens is 2. The quantitative estimate of drug-likeness (QED) is 0.839. The van der Waals surface area contributed by atoms with Gasteiger partial charge in [-0.2, -0.15) is 5.10 Å². The summed E-state index contributed by atoms with van der Waals surface area (Å²) in [6.07, 6.45) is 1.36. The van der Waals surface area contributed by atoms with Crippen molar-refractivity contribution in [3.05, 3.63) is 52.8 Å². The number of piperazine rings is 1.